The summed E-state index contributed by atoms with van der Waals surface area (Å²) in [5, 5.41) is 5.10. The summed E-state index contributed by atoms with van der Waals surface area (Å²) in [7, 11) is 0. The molecule has 0 saturated carbocycles. The van der Waals surface area contributed by atoms with Crippen molar-refractivity contribution >= 4 is 11.3 Å². The van der Waals surface area contributed by atoms with Crippen molar-refractivity contribution in [2.24, 2.45) is 0 Å². The van der Waals surface area contributed by atoms with Crippen molar-refractivity contribution in [1.82, 2.24) is 5.10 Å². The second-order valence-corrected chi connectivity index (χ2v) is 4.09. The second-order valence-electron chi connectivity index (χ2n) is 3.32. The molecule has 1 aromatic heterocycles. The zero-order valence-corrected chi connectivity index (χ0v) is 8.19. The number of nitrogens with two attached hydrogens (primary N) is 1. The Morgan fingerprint density at radius 3 is 2.92 bits per heavy atom. The second kappa shape index (κ2) is 3.23. The van der Waals surface area contributed by atoms with Crippen LogP contribution in [0.5, 0.6) is 0 Å². The number of aromatic nitrogens is 2. The van der Waals surface area contributed by atoms with Gasteiger partial charge in [-0.25, -0.2) is 0 Å². The first-order valence-corrected chi connectivity index (χ1v) is 4.55. The molecule has 0 aliphatic rings. The smallest absolute Gasteiger partial charge is 0.179 e. The highest BCUT2D eigenvalue weighted by molar-refractivity contribution is 7.08. The summed E-state index contributed by atoms with van der Waals surface area (Å²) >= 11 is 1.45. The first kappa shape index (κ1) is 9.19. The lowest BCUT2D eigenvalue weighted by Crippen LogP contribution is -2.46. The third-order valence-electron chi connectivity index (χ3n) is 1.67. The topological polar surface area (TPSA) is 42.8 Å². The van der Waals surface area contributed by atoms with Crippen molar-refractivity contribution in [3.05, 3.63) is 23.2 Å². The molecule has 0 unspecified atom stereocenters. The van der Waals surface area contributed by atoms with Crippen molar-refractivity contribution in [1.29, 1.82) is 0 Å². The van der Waals surface area contributed by atoms with Gasteiger partial charge in [-0.3, -0.25) is 0 Å². The van der Waals surface area contributed by atoms with Gasteiger partial charge in [0.2, 0.25) is 0 Å². The van der Waals surface area contributed by atoms with E-state index in [1.807, 2.05) is 6.08 Å². The van der Waals surface area contributed by atoms with Gasteiger partial charge in [0, 0.05) is 10.5 Å². The van der Waals surface area contributed by atoms with E-state index in [1.165, 1.54) is 16.1 Å². The summed E-state index contributed by atoms with van der Waals surface area (Å²) in [5.74, 6) is 5.41. The van der Waals surface area contributed by atoms with Gasteiger partial charge in [-0.15, -0.1) is 6.58 Å². The van der Waals surface area contributed by atoms with Crippen LogP contribution in [-0.2, 0) is 5.41 Å². The molecule has 1 radical (unpaired) electrons. The molecule has 3 nitrogen and oxygen atoms in total. The van der Waals surface area contributed by atoms with Gasteiger partial charge in [0.05, 0.1) is 4.79 Å². The minimum Gasteiger partial charge on any atom is -0.179 e. The molecule has 1 heterocycles. The number of hydrogen-bond acceptors (Lipinski definition) is 3. The molecule has 4 heteroatoms. The van der Waals surface area contributed by atoms with Crippen LogP contribution < -0.4 is 10.6 Å². The molecule has 0 amide bonds. The molecule has 0 fully saturated rings. The summed E-state index contributed by atoms with van der Waals surface area (Å²) in [6, 6.07) is 0. The van der Waals surface area contributed by atoms with Crippen LogP contribution in [0.3, 0.4) is 0 Å². The Hall–Kier alpha value is -0.900. The molecule has 0 saturated heterocycles. The average molecular weight is 183 g/mol. The van der Waals surface area contributed by atoms with Crippen LogP contribution in [0.25, 0.3) is 0 Å². The zero-order chi connectivity index (χ0) is 9.19. The molecular formula is C8H13N3S+. The molecule has 2 N–H and O–H groups in total. The molecule has 12 heavy (non-hydrogen) atoms. The van der Waals surface area contributed by atoms with Crippen LogP contribution >= 0.6 is 11.3 Å². The van der Waals surface area contributed by atoms with Crippen LogP contribution in [-0.4, -0.2) is 5.10 Å². The molecule has 0 aliphatic carbocycles. The predicted octanol–water partition coefficient (Wildman–Crippen LogP) is 0.798. The highest BCUT2D eigenvalue weighted by atomic mass is 32.1. The third kappa shape index (κ3) is 1.82. The predicted molar refractivity (Wildman–Crippen MR) is 49.1 cm³/mol. The molecule has 0 aliphatic heterocycles. The fourth-order valence-electron chi connectivity index (χ4n) is 0.950. The summed E-state index contributed by atoms with van der Waals surface area (Å²) in [6.07, 6.45) is 2.79. The quantitative estimate of drug-likeness (QED) is 0.428. The maximum atomic E-state index is 5.41. The van der Waals surface area contributed by atoms with Crippen molar-refractivity contribution in [3.63, 3.8) is 0 Å². The highest BCUT2D eigenvalue weighted by Gasteiger charge is 2.26. The van der Waals surface area contributed by atoms with Gasteiger partial charge < -0.3 is 0 Å². The maximum absolute atomic E-state index is 5.41. The number of rotatable bonds is 3. The van der Waals surface area contributed by atoms with Gasteiger partial charge in [0.25, 0.3) is 0 Å². The van der Waals surface area contributed by atoms with E-state index in [0.29, 0.717) is 0 Å². The summed E-state index contributed by atoms with van der Waals surface area (Å²) in [4.78, 5) is 1.23. The van der Waals surface area contributed by atoms with Crippen molar-refractivity contribution in [3.8, 4) is 0 Å². The number of nitrogens with zero attached hydrogens (tertiary/aromatic N) is 2. The lowest BCUT2D eigenvalue weighted by Gasteiger charge is -2.16. The first-order chi connectivity index (χ1) is 5.56. The Balaban J connectivity index is 2.88. The Labute approximate surface area is 76.5 Å². The van der Waals surface area contributed by atoms with E-state index in [1.54, 1.807) is 0 Å². The van der Waals surface area contributed by atoms with Gasteiger partial charge in [0.15, 0.2) is 5.01 Å². The lowest BCUT2D eigenvalue weighted by atomic mass is 9.90. The molecule has 0 spiro atoms. The summed E-state index contributed by atoms with van der Waals surface area (Å²) < 4.78 is 0. The highest BCUT2D eigenvalue weighted by Crippen LogP contribution is 2.27. The van der Waals surface area contributed by atoms with Crippen LogP contribution in [0.4, 0.5) is 0 Å². The summed E-state index contributed by atoms with van der Waals surface area (Å²) in [6.45, 7) is 7.93. The van der Waals surface area contributed by atoms with Crippen LogP contribution in [0, 0.1) is 5.51 Å². The minimum absolute atomic E-state index is 0.0214. The van der Waals surface area contributed by atoms with Gasteiger partial charge in [-0.05, 0) is 17.8 Å². The standard InChI is InChI=1S/C8H13N3S/c1-4-5-8(2,3)7-10-11(9)6-12-7/h4H,1,5,9H2,2-3H3/q+1. The molecule has 0 aromatic carbocycles. The van der Waals surface area contributed by atoms with Gasteiger partial charge in [0.1, 0.15) is 0 Å². The van der Waals surface area contributed by atoms with Crippen LogP contribution in [0.2, 0.25) is 0 Å². The van der Waals surface area contributed by atoms with E-state index in [4.69, 9.17) is 5.84 Å². The number of hydrogen-bond donors (Lipinski definition) is 1. The monoisotopic (exact) mass is 183 g/mol. The van der Waals surface area contributed by atoms with Crippen molar-refractivity contribution in [2.45, 2.75) is 25.7 Å². The lowest BCUT2D eigenvalue weighted by molar-refractivity contribution is -0.699. The molecule has 65 valence electrons. The summed E-state index contributed by atoms with van der Waals surface area (Å²) in [5.41, 5.74) is 2.85. The van der Waals surface area contributed by atoms with Gasteiger partial charge in [-0.2, -0.15) is 5.84 Å². The van der Waals surface area contributed by atoms with E-state index < -0.39 is 0 Å². The fraction of sp³-hybridized carbons (Fsp3) is 0.500. The third-order valence-corrected chi connectivity index (χ3v) is 2.77. The first-order valence-electron chi connectivity index (χ1n) is 3.73. The minimum atomic E-state index is 0.0214. The van der Waals surface area contributed by atoms with Crippen molar-refractivity contribution in [2.75, 3.05) is 5.84 Å². The zero-order valence-electron chi connectivity index (χ0n) is 7.37. The molecule has 1 rings (SSSR count). The Kier molecular flexibility index (Phi) is 2.47. The van der Waals surface area contributed by atoms with E-state index in [2.05, 4.69) is 31.0 Å². The molecular weight excluding hydrogens is 170 g/mol. The van der Waals surface area contributed by atoms with E-state index in [-0.39, 0.29) is 5.41 Å². The Morgan fingerprint density at radius 2 is 2.50 bits per heavy atom. The Morgan fingerprint density at radius 1 is 1.83 bits per heavy atom. The number of nitrogen functional groups attached to an aromatic ring is 1. The Bertz CT molecular complexity index is 278. The fourth-order valence-corrected chi connectivity index (χ4v) is 1.66. The van der Waals surface area contributed by atoms with Gasteiger partial charge >= 0.3 is 5.51 Å². The average Bonchev–Trinajstić information content (AvgIpc) is 2.36. The largest absolute Gasteiger partial charge is 0.409 e. The van der Waals surface area contributed by atoms with E-state index in [0.717, 1.165) is 11.4 Å². The van der Waals surface area contributed by atoms with Gasteiger partial charge in [-0.1, -0.05) is 19.9 Å². The van der Waals surface area contributed by atoms with E-state index >= 15 is 0 Å². The maximum Gasteiger partial charge on any atom is 0.409 e. The van der Waals surface area contributed by atoms with Crippen molar-refractivity contribution < 1.29 is 4.79 Å². The molecule has 0 bridgehead atoms. The molecule has 0 atom stereocenters. The normalized spacial score (nSPS) is 11.5. The SMILES string of the molecule is C=CCC(C)(C)c1n[n+](N)[c]s1. The van der Waals surface area contributed by atoms with E-state index in [9.17, 15) is 0 Å². The van der Waals surface area contributed by atoms with Crippen LogP contribution in [0.15, 0.2) is 12.7 Å². The molecule has 1 aromatic rings. The van der Waals surface area contributed by atoms with Crippen LogP contribution in [0.1, 0.15) is 25.3 Å². The number of allylic oxidation sites excluding steroid dienone is 1.